The molecular formula is C11H16N2O5S. The second-order valence-corrected chi connectivity index (χ2v) is 6.06. The second kappa shape index (κ2) is 6.60. The lowest BCUT2D eigenvalue weighted by atomic mass is 10.2. The quantitative estimate of drug-likeness (QED) is 0.553. The van der Waals surface area contributed by atoms with E-state index in [1.165, 1.54) is 12.1 Å². The van der Waals surface area contributed by atoms with Crippen LogP contribution in [0.5, 0.6) is 0 Å². The first-order chi connectivity index (χ1) is 8.90. The number of sulfone groups is 1. The minimum Gasteiger partial charge on any atom is -0.396 e. The summed E-state index contributed by atoms with van der Waals surface area (Å²) in [6.45, 7) is -0.110. The Morgan fingerprint density at radius 2 is 1.95 bits per heavy atom. The fraction of sp³-hybridized carbons (Fsp3) is 0.455. The molecule has 0 aliphatic heterocycles. The molecule has 1 aromatic carbocycles. The van der Waals surface area contributed by atoms with Gasteiger partial charge in [-0.15, -0.1) is 0 Å². The van der Waals surface area contributed by atoms with Gasteiger partial charge in [-0.25, -0.2) is 8.42 Å². The first kappa shape index (κ1) is 15.5. The molecule has 1 unspecified atom stereocenters. The molecule has 0 saturated heterocycles. The number of nitrogens with zero attached hydrogens (tertiary/aromatic N) is 1. The summed E-state index contributed by atoms with van der Waals surface area (Å²) in [4.78, 5) is 9.94. The summed E-state index contributed by atoms with van der Waals surface area (Å²) in [5.74, 6) is -0.165. The van der Waals surface area contributed by atoms with Crippen LogP contribution < -0.4 is 5.32 Å². The van der Waals surface area contributed by atoms with Crippen molar-refractivity contribution >= 4 is 15.5 Å². The zero-order valence-electron chi connectivity index (χ0n) is 10.4. The van der Waals surface area contributed by atoms with Crippen molar-refractivity contribution in [2.75, 3.05) is 19.4 Å². The van der Waals surface area contributed by atoms with E-state index in [-0.39, 0.29) is 29.0 Å². The Bertz CT molecular complexity index is 527. The molecule has 2 N–H and O–H groups in total. The lowest BCUT2D eigenvalue weighted by Gasteiger charge is -2.14. The number of nitro benzene ring substituents is 1. The Kier molecular flexibility index (Phi) is 5.40. The summed E-state index contributed by atoms with van der Waals surface area (Å²) in [7, 11) is -1.92. The molecule has 0 fully saturated rings. The summed E-state index contributed by atoms with van der Waals surface area (Å²) in [6.07, 6.45) is 0.322. The van der Waals surface area contributed by atoms with E-state index < -0.39 is 14.8 Å². The molecule has 0 bridgehead atoms. The van der Waals surface area contributed by atoms with Gasteiger partial charge in [0, 0.05) is 24.8 Å². The molecule has 0 aromatic heterocycles. The zero-order chi connectivity index (χ0) is 14.5. The van der Waals surface area contributed by atoms with Gasteiger partial charge in [0.15, 0.2) is 9.84 Å². The van der Waals surface area contributed by atoms with Gasteiger partial charge in [-0.3, -0.25) is 10.1 Å². The van der Waals surface area contributed by atoms with Gasteiger partial charge in [0.1, 0.15) is 0 Å². The minimum atomic E-state index is -3.53. The standard InChI is InChI=1S/C11H16N2O5S/c1-12-9(6-7-14)8-19(17,18)11-4-2-10(3-5-11)13(15)16/h2-5,9,12,14H,6-8H2,1H3. The molecule has 1 rings (SSSR count). The number of hydrogen-bond donors (Lipinski definition) is 2. The van der Waals surface area contributed by atoms with Crippen LogP contribution in [0.3, 0.4) is 0 Å². The SMILES string of the molecule is CNC(CCO)CS(=O)(=O)c1ccc([N+](=O)[O-])cc1. The maximum atomic E-state index is 12.1. The van der Waals surface area contributed by atoms with Crippen LogP contribution in [-0.2, 0) is 9.84 Å². The van der Waals surface area contributed by atoms with Gasteiger partial charge in [0.05, 0.1) is 15.6 Å². The molecule has 0 aliphatic carbocycles. The number of hydrogen-bond acceptors (Lipinski definition) is 6. The molecule has 0 amide bonds. The largest absolute Gasteiger partial charge is 0.396 e. The number of aliphatic hydroxyl groups excluding tert-OH is 1. The minimum absolute atomic E-state index is 0.0382. The van der Waals surface area contributed by atoms with Crippen molar-refractivity contribution in [1.82, 2.24) is 5.32 Å². The van der Waals surface area contributed by atoms with Crippen molar-refractivity contribution in [1.29, 1.82) is 0 Å². The fourth-order valence-electron chi connectivity index (χ4n) is 1.60. The average molecular weight is 288 g/mol. The molecule has 7 nitrogen and oxygen atoms in total. The van der Waals surface area contributed by atoms with Gasteiger partial charge in [-0.2, -0.15) is 0 Å². The topological polar surface area (TPSA) is 110 Å². The number of benzene rings is 1. The molecule has 0 heterocycles. The second-order valence-electron chi connectivity index (χ2n) is 4.03. The van der Waals surface area contributed by atoms with E-state index in [0.717, 1.165) is 12.1 Å². The molecule has 0 saturated carbocycles. The Hall–Kier alpha value is -1.51. The predicted molar refractivity (Wildman–Crippen MR) is 69.7 cm³/mol. The lowest BCUT2D eigenvalue weighted by molar-refractivity contribution is -0.384. The van der Waals surface area contributed by atoms with E-state index >= 15 is 0 Å². The first-order valence-electron chi connectivity index (χ1n) is 5.66. The number of nitrogens with one attached hydrogen (secondary N) is 1. The maximum Gasteiger partial charge on any atom is 0.269 e. The summed E-state index contributed by atoms with van der Waals surface area (Å²) >= 11 is 0. The Morgan fingerprint density at radius 3 is 2.37 bits per heavy atom. The third kappa shape index (κ3) is 4.27. The molecular weight excluding hydrogens is 272 g/mol. The monoisotopic (exact) mass is 288 g/mol. The Balaban J connectivity index is 2.90. The van der Waals surface area contributed by atoms with Crippen LogP contribution in [0.2, 0.25) is 0 Å². The van der Waals surface area contributed by atoms with Crippen LogP contribution in [-0.4, -0.2) is 43.9 Å². The molecule has 0 radical (unpaired) electrons. The first-order valence-corrected chi connectivity index (χ1v) is 7.31. The van der Waals surface area contributed by atoms with Crippen molar-refractivity contribution in [2.24, 2.45) is 0 Å². The van der Waals surface area contributed by atoms with Crippen LogP contribution in [0.15, 0.2) is 29.2 Å². The zero-order valence-corrected chi connectivity index (χ0v) is 11.3. The van der Waals surface area contributed by atoms with Crippen molar-refractivity contribution in [3.8, 4) is 0 Å². The van der Waals surface area contributed by atoms with Gasteiger partial charge in [-0.1, -0.05) is 0 Å². The summed E-state index contributed by atoms with van der Waals surface area (Å²) in [6, 6.07) is 4.41. The van der Waals surface area contributed by atoms with Gasteiger partial charge in [-0.05, 0) is 25.6 Å². The van der Waals surface area contributed by atoms with Gasteiger partial charge in [0.25, 0.3) is 5.69 Å². The van der Waals surface area contributed by atoms with E-state index in [9.17, 15) is 18.5 Å². The van der Waals surface area contributed by atoms with Crippen LogP contribution in [0.4, 0.5) is 5.69 Å². The smallest absolute Gasteiger partial charge is 0.269 e. The number of rotatable bonds is 7. The molecule has 19 heavy (non-hydrogen) atoms. The summed E-state index contributed by atoms with van der Waals surface area (Å²) < 4.78 is 24.1. The van der Waals surface area contributed by atoms with E-state index in [1.54, 1.807) is 7.05 Å². The summed E-state index contributed by atoms with van der Waals surface area (Å²) in [5, 5.41) is 22.1. The molecule has 8 heteroatoms. The number of aliphatic hydroxyl groups is 1. The van der Waals surface area contributed by atoms with Crippen molar-refractivity contribution in [3.05, 3.63) is 34.4 Å². The van der Waals surface area contributed by atoms with E-state index in [4.69, 9.17) is 5.11 Å². The van der Waals surface area contributed by atoms with Crippen molar-refractivity contribution in [3.63, 3.8) is 0 Å². The molecule has 1 aromatic rings. The third-order valence-electron chi connectivity index (χ3n) is 2.71. The Morgan fingerprint density at radius 1 is 1.37 bits per heavy atom. The van der Waals surface area contributed by atoms with Crippen LogP contribution >= 0.6 is 0 Å². The fourth-order valence-corrected chi connectivity index (χ4v) is 3.21. The van der Waals surface area contributed by atoms with E-state index in [0.29, 0.717) is 6.42 Å². The van der Waals surface area contributed by atoms with Gasteiger partial charge < -0.3 is 10.4 Å². The molecule has 106 valence electrons. The van der Waals surface area contributed by atoms with Gasteiger partial charge >= 0.3 is 0 Å². The Labute approximate surface area is 111 Å². The van der Waals surface area contributed by atoms with Crippen molar-refractivity contribution < 1.29 is 18.4 Å². The van der Waals surface area contributed by atoms with Crippen LogP contribution in [0.25, 0.3) is 0 Å². The highest BCUT2D eigenvalue weighted by atomic mass is 32.2. The maximum absolute atomic E-state index is 12.1. The predicted octanol–water partition coefficient (Wildman–Crippen LogP) is 0.339. The number of non-ortho nitro benzene ring substituents is 1. The molecule has 1 atom stereocenters. The molecule has 0 aliphatic rings. The lowest BCUT2D eigenvalue weighted by Crippen LogP contribution is -2.33. The third-order valence-corrected chi connectivity index (χ3v) is 4.54. The highest BCUT2D eigenvalue weighted by Gasteiger charge is 2.20. The normalized spacial score (nSPS) is 13.2. The number of nitro groups is 1. The highest BCUT2D eigenvalue weighted by Crippen LogP contribution is 2.17. The highest BCUT2D eigenvalue weighted by molar-refractivity contribution is 7.91. The van der Waals surface area contributed by atoms with Crippen LogP contribution in [0.1, 0.15) is 6.42 Å². The van der Waals surface area contributed by atoms with Gasteiger partial charge in [0.2, 0.25) is 0 Å². The average Bonchev–Trinajstić information content (AvgIpc) is 2.38. The van der Waals surface area contributed by atoms with E-state index in [2.05, 4.69) is 5.32 Å². The molecule has 0 spiro atoms. The van der Waals surface area contributed by atoms with E-state index in [1.807, 2.05) is 0 Å². The summed E-state index contributed by atoms with van der Waals surface area (Å²) in [5.41, 5.74) is -0.153. The van der Waals surface area contributed by atoms with Crippen molar-refractivity contribution in [2.45, 2.75) is 17.4 Å². The van der Waals surface area contributed by atoms with Crippen LogP contribution in [0, 0.1) is 10.1 Å².